The highest BCUT2D eigenvalue weighted by molar-refractivity contribution is 6.30. The van der Waals surface area contributed by atoms with E-state index in [0.717, 1.165) is 11.3 Å². The maximum atomic E-state index is 13.2. The number of halogens is 2. The van der Waals surface area contributed by atoms with E-state index in [9.17, 15) is 4.39 Å². The van der Waals surface area contributed by atoms with Gasteiger partial charge in [0.05, 0.1) is 28.8 Å². The summed E-state index contributed by atoms with van der Waals surface area (Å²) in [5.74, 6) is -0.456. The third kappa shape index (κ3) is 3.57. The largest absolute Gasteiger partial charge is 0.304 e. The van der Waals surface area contributed by atoms with Gasteiger partial charge in [-0.3, -0.25) is 4.68 Å². The Bertz CT molecular complexity index is 812. The molecular weight excluding hydrogens is 319 g/mol. The molecule has 0 aliphatic rings. The average Bonchev–Trinajstić information content (AvgIpc) is 3.17. The van der Waals surface area contributed by atoms with Crippen molar-refractivity contribution in [2.24, 2.45) is 7.05 Å². The van der Waals surface area contributed by atoms with Crippen LogP contribution in [0.2, 0.25) is 5.02 Å². The van der Waals surface area contributed by atoms with E-state index >= 15 is 0 Å². The lowest BCUT2D eigenvalue weighted by Gasteiger charge is -2.09. The van der Waals surface area contributed by atoms with Crippen molar-refractivity contribution in [3.63, 3.8) is 0 Å². The summed E-state index contributed by atoms with van der Waals surface area (Å²) in [7, 11) is 1.88. The van der Waals surface area contributed by atoms with Crippen LogP contribution in [0.1, 0.15) is 24.2 Å². The molecule has 8 heteroatoms. The third-order valence-corrected chi connectivity index (χ3v) is 3.81. The van der Waals surface area contributed by atoms with E-state index in [4.69, 9.17) is 11.6 Å². The average molecular weight is 335 g/mol. The molecule has 0 saturated heterocycles. The van der Waals surface area contributed by atoms with Gasteiger partial charge in [0, 0.05) is 31.4 Å². The first-order valence-electron chi connectivity index (χ1n) is 7.11. The number of nitrogens with one attached hydrogen (secondary N) is 1. The van der Waals surface area contributed by atoms with Gasteiger partial charge in [0.2, 0.25) is 0 Å². The molecule has 6 nitrogen and oxygen atoms in total. The predicted molar refractivity (Wildman–Crippen MR) is 84.8 cm³/mol. The van der Waals surface area contributed by atoms with Crippen LogP contribution in [-0.2, 0) is 13.6 Å². The molecule has 1 unspecified atom stereocenters. The molecule has 0 aliphatic heterocycles. The maximum absolute atomic E-state index is 13.2. The second kappa shape index (κ2) is 6.47. The number of rotatable bonds is 5. The lowest BCUT2D eigenvalue weighted by Crippen LogP contribution is -2.17. The Kier molecular flexibility index (Phi) is 4.40. The summed E-state index contributed by atoms with van der Waals surface area (Å²) < 4.78 is 16.5. The van der Waals surface area contributed by atoms with Crippen molar-refractivity contribution in [3.8, 4) is 5.69 Å². The van der Waals surface area contributed by atoms with Crippen molar-refractivity contribution >= 4 is 11.6 Å². The standard InChI is InChI=1S/C15H16ClFN6/c1-10(11-6-19-22(2)8-11)18-7-12-9-23(21-20-12)13-3-4-15(17)14(16)5-13/h3-6,8-10,18H,7H2,1-2H3. The SMILES string of the molecule is CC(NCc1cn(-c2ccc(F)c(Cl)c2)nn1)c1cnn(C)c1. The highest BCUT2D eigenvalue weighted by Gasteiger charge is 2.09. The molecule has 3 rings (SSSR count). The Labute approximate surface area is 137 Å². The molecular formula is C15H16ClFN6. The van der Waals surface area contributed by atoms with Crippen LogP contribution >= 0.6 is 11.6 Å². The van der Waals surface area contributed by atoms with Gasteiger partial charge in [0.1, 0.15) is 5.82 Å². The van der Waals surface area contributed by atoms with Gasteiger partial charge in [-0.15, -0.1) is 5.10 Å². The van der Waals surface area contributed by atoms with Crippen LogP contribution in [0.15, 0.2) is 36.8 Å². The molecule has 3 aromatic rings. The van der Waals surface area contributed by atoms with Gasteiger partial charge in [-0.05, 0) is 25.1 Å². The van der Waals surface area contributed by atoms with E-state index in [1.54, 1.807) is 21.6 Å². The summed E-state index contributed by atoms with van der Waals surface area (Å²) in [6, 6.07) is 4.57. The topological polar surface area (TPSA) is 60.6 Å². The molecule has 0 fully saturated rings. The van der Waals surface area contributed by atoms with Crippen LogP contribution in [0.5, 0.6) is 0 Å². The molecule has 120 valence electrons. The molecule has 1 atom stereocenters. The molecule has 23 heavy (non-hydrogen) atoms. The summed E-state index contributed by atoms with van der Waals surface area (Å²) >= 11 is 5.79. The second-order valence-corrected chi connectivity index (χ2v) is 5.71. The van der Waals surface area contributed by atoms with Gasteiger partial charge in [0.25, 0.3) is 0 Å². The van der Waals surface area contributed by atoms with E-state index in [1.165, 1.54) is 12.1 Å². The minimum atomic E-state index is -0.456. The van der Waals surface area contributed by atoms with Gasteiger partial charge in [-0.2, -0.15) is 5.10 Å². The number of aromatic nitrogens is 5. The zero-order valence-corrected chi connectivity index (χ0v) is 13.5. The first-order valence-corrected chi connectivity index (χ1v) is 7.49. The Morgan fingerprint density at radius 1 is 1.35 bits per heavy atom. The van der Waals surface area contributed by atoms with E-state index < -0.39 is 5.82 Å². The highest BCUT2D eigenvalue weighted by atomic mass is 35.5. The van der Waals surface area contributed by atoms with Crippen molar-refractivity contribution in [1.29, 1.82) is 0 Å². The van der Waals surface area contributed by atoms with Crippen LogP contribution in [0.3, 0.4) is 0 Å². The second-order valence-electron chi connectivity index (χ2n) is 5.30. The highest BCUT2D eigenvalue weighted by Crippen LogP contribution is 2.18. The summed E-state index contributed by atoms with van der Waals surface area (Å²) in [6.45, 7) is 2.62. The maximum Gasteiger partial charge on any atom is 0.141 e. The zero-order chi connectivity index (χ0) is 16.4. The zero-order valence-electron chi connectivity index (χ0n) is 12.7. The Balaban J connectivity index is 1.66. The van der Waals surface area contributed by atoms with Crippen molar-refractivity contribution in [1.82, 2.24) is 30.1 Å². The Morgan fingerprint density at radius 3 is 2.87 bits per heavy atom. The molecule has 0 saturated carbocycles. The predicted octanol–water partition coefficient (Wildman–Crippen LogP) is 2.64. The molecule has 0 spiro atoms. The number of hydrogen-bond acceptors (Lipinski definition) is 4. The number of hydrogen-bond donors (Lipinski definition) is 1. The fourth-order valence-electron chi connectivity index (χ4n) is 2.17. The summed E-state index contributed by atoms with van der Waals surface area (Å²) in [6.07, 6.45) is 5.58. The Morgan fingerprint density at radius 2 is 2.17 bits per heavy atom. The fourth-order valence-corrected chi connectivity index (χ4v) is 2.35. The van der Waals surface area contributed by atoms with Gasteiger partial charge in [0.15, 0.2) is 0 Å². The van der Waals surface area contributed by atoms with Crippen molar-refractivity contribution < 1.29 is 4.39 Å². The van der Waals surface area contributed by atoms with Crippen LogP contribution in [0.25, 0.3) is 5.69 Å². The molecule has 0 aliphatic carbocycles. The molecule has 2 aromatic heterocycles. The first kappa shape index (κ1) is 15.6. The van der Waals surface area contributed by atoms with E-state index in [-0.39, 0.29) is 11.1 Å². The van der Waals surface area contributed by atoms with Gasteiger partial charge in [-0.1, -0.05) is 16.8 Å². The van der Waals surface area contributed by atoms with Crippen molar-refractivity contribution in [2.75, 3.05) is 0 Å². The molecule has 2 heterocycles. The first-order chi connectivity index (χ1) is 11.0. The lowest BCUT2D eigenvalue weighted by molar-refractivity contribution is 0.566. The normalized spacial score (nSPS) is 12.5. The molecule has 0 amide bonds. The smallest absolute Gasteiger partial charge is 0.141 e. The molecule has 1 N–H and O–H groups in total. The molecule has 1 aromatic carbocycles. The van der Waals surface area contributed by atoms with Crippen LogP contribution < -0.4 is 5.32 Å². The monoisotopic (exact) mass is 334 g/mol. The quantitative estimate of drug-likeness (QED) is 0.779. The number of aryl methyl sites for hydroxylation is 1. The van der Waals surface area contributed by atoms with Crippen LogP contribution in [-0.4, -0.2) is 24.8 Å². The van der Waals surface area contributed by atoms with Gasteiger partial charge >= 0.3 is 0 Å². The Hall–Kier alpha value is -2.25. The van der Waals surface area contributed by atoms with E-state index in [1.807, 2.05) is 19.4 Å². The minimum Gasteiger partial charge on any atom is -0.304 e. The summed E-state index contributed by atoms with van der Waals surface area (Å²) in [5, 5.41) is 15.7. The van der Waals surface area contributed by atoms with Crippen molar-refractivity contribution in [3.05, 3.63) is 58.9 Å². The fraction of sp³-hybridized carbons (Fsp3) is 0.267. The lowest BCUT2D eigenvalue weighted by atomic mass is 10.2. The van der Waals surface area contributed by atoms with Crippen LogP contribution in [0.4, 0.5) is 4.39 Å². The number of benzene rings is 1. The minimum absolute atomic E-state index is 0.0582. The van der Waals surface area contributed by atoms with Gasteiger partial charge < -0.3 is 5.32 Å². The molecule has 0 radical (unpaired) electrons. The van der Waals surface area contributed by atoms with E-state index in [2.05, 4.69) is 27.7 Å². The van der Waals surface area contributed by atoms with E-state index in [0.29, 0.717) is 12.2 Å². The molecule has 0 bridgehead atoms. The summed E-state index contributed by atoms with van der Waals surface area (Å²) in [4.78, 5) is 0. The van der Waals surface area contributed by atoms with Gasteiger partial charge in [-0.25, -0.2) is 9.07 Å². The number of nitrogens with zero attached hydrogens (tertiary/aromatic N) is 5. The van der Waals surface area contributed by atoms with Crippen LogP contribution in [0, 0.1) is 5.82 Å². The third-order valence-electron chi connectivity index (χ3n) is 3.52. The summed E-state index contributed by atoms with van der Waals surface area (Å²) in [5.41, 5.74) is 2.54. The van der Waals surface area contributed by atoms with Crippen molar-refractivity contribution in [2.45, 2.75) is 19.5 Å².